The molecule has 1 aliphatic rings. The molecule has 3 rings (SSSR count). The largest absolute Gasteiger partial charge is 0.481 e. The normalized spacial score (nSPS) is 22.2. The number of carbonyl (C=O) groups excluding carboxylic acids is 3. The second-order valence-electron chi connectivity index (χ2n) is 11.8. The van der Waals surface area contributed by atoms with E-state index in [0.29, 0.717) is 5.75 Å². The molecule has 0 bridgehead atoms. The van der Waals surface area contributed by atoms with Crippen LogP contribution in [0.3, 0.4) is 0 Å². The number of hydrogen-bond acceptors (Lipinski definition) is 18. The fraction of sp³-hybridized carbons (Fsp3) is 0.600. The highest BCUT2D eigenvalue weighted by Gasteiger charge is 2.50. The number of nitrogens with two attached hydrogens (primary N) is 1. The van der Waals surface area contributed by atoms with Crippen LogP contribution in [0.2, 0.25) is 0 Å². The molecular formula is C25H39ClN7O17P3S. The number of thioether (sulfide) groups is 1. The Labute approximate surface area is 315 Å². The highest BCUT2D eigenvalue weighted by molar-refractivity contribution is 8.14. The fourth-order valence-electron chi connectivity index (χ4n) is 4.47. The van der Waals surface area contributed by atoms with Gasteiger partial charge in [-0.3, -0.25) is 32.5 Å². The highest BCUT2D eigenvalue weighted by atomic mass is 35.5. The Morgan fingerprint density at radius 3 is 2.46 bits per heavy atom. The van der Waals surface area contributed by atoms with Crippen molar-refractivity contribution >= 4 is 80.7 Å². The third kappa shape index (κ3) is 14.0. The lowest BCUT2D eigenvalue weighted by molar-refractivity contribution is -0.137. The van der Waals surface area contributed by atoms with Gasteiger partial charge in [0.25, 0.3) is 0 Å². The molecule has 24 nitrogen and oxygen atoms in total. The lowest BCUT2D eigenvalue weighted by Gasteiger charge is -2.30. The molecule has 0 aliphatic carbocycles. The Balaban J connectivity index is 1.51. The minimum Gasteiger partial charge on any atom is -0.386 e. The Bertz CT molecular complexity index is 1820. The number of aliphatic hydroxyl groups excluding tert-OH is 2. The summed E-state index contributed by atoms with van der Waals surface area (Å²) in [4.78, 5) is 86.8. The number of alkyl halides is 1. The molecule has 304 valence electrons. The summed E-state index contributed by atoms with van der Waals surface area (Å²) in [7, 11) is -16.4. The molecule has 7 atom stereocenters. The van der Waals surface area contributed by atoms with E-state index in [4.69, 9.17) is 31.1 Å². The molecule has 0 radical (unpaired) electrons. The number of nitrogen functional groups attached to an aromatic ring is 1. The van der Waals surface area contributed by atoms with Crippen LogP contribution < -0.4 is 16.4 Å². The number of ether oxygens (including phenoxy) is 1. The number of imidazole rings is 1. The molecule has 1 fully saturated rings. The van der Waals surface area contributed by atoms with E-state index < -0.39 is 84.6 Å². The van der Waals surface area contributed by atoms with Gasteiger partial charge in [-0.1, -0.05) is 31.7 Å². The Morgan fingerprint density at radius 2 is 1.80 bits per heavy atom. The molecule has 0 saturated carbocycles. The van der Waals surface area contributed by atoms with Crippen molar-refractivity contribution in [2.24, 2.45) is 5.41 Å². The van der Waals surface area contributed by atoms with Gasteiger partial charge in [-0.25, -0.2) is 28.6 Å². The summed E-state index contributed by atoms with van der Waals surface area (Å²) in [5.74, 6) is -1.02. The summed E-state index contributed by atoms with van der Waals surface area (Å²) in [5.41, 5.74) is 4.24. The summed E-state index contributed by atoms with van der Waals surface area (Å²) in [6, 6.07) is 0. The number of nitrogens with one attached hydrogen (secondary N) is 2. The molecule has 0 aromatic carbocycles. The van der Waals surface area contributed by atoms with Crippen molar-refractivity contribution in [3.8, 4) is 0 Å². The Kier molecular flexibility index (Phi) is 16.7. The summed E-state index contributed by atoms with van der Waals surface area (Å²) < 4.78 is 61.9. The second-order valence-corrected chi connectivity index (χ2v) is 17.4. The zero-order valence-electron chi connectivity index (χ0n) is 28.3. The van der Waals surface area contributed by atoms with E-state index in [0.717, 1.165) is 29.0 Å². The summed E-state index contributed by atoms with van der Waals surface area (Å²) in [6.07, 6.45) is -4.17. The van der Waals surface area contributed by atoms with Crippen LogP contribution in [0, 0.1) is 5.41 Å². The number of phosphoric acid groups is 3. The van der Waals surface area contributed by atoms with Gasteiger partial charge in [0.2, 0.25) is 16.9 Å². The Morgan fingerprint density at radius 1 is 1.11 bits per heavy atom. The van der Waals surface area contributed by atoms with Gasteiger partial charge in [0, 0.05) is 36.6 Å². The van der Waals surface area contributed by atoms with Crippen LogP contribution in [-0.4, -0.2) is 129 Å². The van der Waals surface area contributed by atoms with Crippen molar-refractivity contribution < 1.29 is 80.5 Å². The maximum absolute atomic E-state index is 12.6. The average molecular weight is 870 g/mol. The molecule has 10 N–H and O–H groups in total. The molecule has 2 amide bonds. The number of allylic oxidation sites excluding steroid dienone is 1. The SMILES string of the molecule is CC(C)(COP(=O)(O)OP(=O)(O)OC[C@H]1O[C@@H](n2cnc3c(N)ncnc32)[C@H](O)[C@@H]1OP(=O)(O)O)[C@@H](O)C(=O)NCCC(=O)NCCSC(=O)/C=C/CCl. The van der Waals surface area contributed by atoms with Crippen molar-refractivity contribution in [3.05, 3.63) is 24.8 Å². The maximum Gasteiger partial charge on any atom is 0.481 e. The van der Waals surface area contributed by atoms with E-state index >= 15 is 0 Å². The smallest absolute Gasteiger partial charge is 0.386 e. The first-order chi connectivity index (χ1) is 25.1. The molecule has 1 aliphatic heterocycles. The molecule has 3 heterocycles. The number of anilines is 1. The van der Waals surface area contributed by atoms with Crippen LogP contribution in [0.4, 0.5) is 5.82 Å². The first kappa shape index (κ1) is 46.0. The molecule has 2 aromatic heterocycles. The minimum absolute atomic E-state index is 0.0276. The number of aliphatic hydroxyl groups is 2. The van der Waals surface area contributed by atoms with Gasteiger partial charge < -0.3 is 50.9 Å². The standard InChI is InChI=1S/C25H39ClN7O17P3S/c1-25(2,20(37)23(38)29-7-5-15(34)28-8-9-54-16(35)4-3-6-26)11-47-53(44,45)50-52(42,43)46-10-14-19(49-51(39,40)41)18(36)24(48-14)33-13-32-17-21(27)30-12-31-22(17)33/h3-4,12-14,18-20,24,36-37H,5-11H2,1-2H3,(H,28,34)(H,29,38)(H,42,43)(H,44,45)(H2,27,30,31)(H2,39,40,41)/b4-3+/t14-,18-,19-,20+,24-/m1/s1. The number of amides is 2. The van der Waals surface area contributed by atoms with Crippen molar-refractivity contribution in [2.75, 3.05) is 43.7 Å². The van der Waals surface area contributed by atoms with Crippen molar-refractivity contribution in [1.82, 2.24) is 30.2 Å². The van der Waals surface area contributed by atoms with Crippen LogP contribution in [-0.2, 0) is 50.7 Å². The fourth-order valence-corrected chi connectivity index (χ4v) is 7.99. The quantitative estimate of drug-likeness (QED) is 0.0329. The Hall–Kier alpha value is -2.41. The van der Waals surface area contributed by atoms with Crippen molar-refractivity contribution in [2.45, 2.75) is 50.9 Å². The topological polar surface area (TPSA) is 364 Å². The summed E-state index contributed by atoms with van der Waals surface area (Å²) in [5, 5.41) is 26.0. The van der Waals surface area contributed by atoms with Gasteiger partial charge in [-0.15, -0.1) is 11.6 Å². The molecule has 29 heteroatoms. The van der Waals surface area contributed by atoms with Crippen LogP contribution >= 0.6 is 46.8 Å². The summed E-state index contributed by atoms with van der Waals surface area (Å²) in [6.45, 7) is 0.412. The molecule has 0 spiro atoms. The number of carbonyl (C=O) groups is 3. The van der Waals surface area contributed by atoms with E-state index in [1.54, 1.807) is 0 Å². The van der Waals surface area contributed by atoms with Gasteiger partial charge in [-0.2, -0.15) is 4.31 Å². The van der Waals surface area contributed by atoms with E-state index in [-0.39, 0.29) is 47.5 Å². The zero-order valence-corrected chi connectivity index (χ0v) is 32.6. The van der Waals surface area contributed by atoms with Crippen LogP contribution in [0.1, 0.15) is 26.5 Å². The molecule has 54 heavy (non-hydrogen) atoms. The van der Waals surface area contributed by atoms with E-state index in [1.165, 1.54) is 26.0 Å². The third-order valence-corrected chi connectivity index (χ3v) is 11.2. The van der Waals surface area contributed by atoms with Gasteiger partial charge >= 0.3 is 23.5 Å². The highest BCUT2D eigenvalue weighted by Crippen LogP contribution is 2.61. The first-order valence-electron chi connectivity index (χ1n) is 15.3. The second kappa shape index (κ2) is 19.6. The van der Waals surface area contributed by atoms with Crippen LogP contribution in [0.25, 0.3) is 11.2 Å². The predicted molar refractivity (Wildman–Crippen MR) is 187 cm³/mol. The molecular weight excluding hydrogens is 831 g/mol. The van der Waals surface area contributed by atoms with Crippen LogP contribution in [0.5, 0.6) is 0 Å². The maximum atomic E-state index is 12.6. The third-order valence-electron chi connectivity index (χ3n) is 7.09. The van der Waals surface area contributed by atoms with E-state index in [9.17, 15) is 57.9 Å². The zero-order chi connectivity index (χ0) is 40.5. The number of nitrogens with zero attached hydrogens (tertiary/aromatic N) is 4. The van der Waals surface area contributed by atoms with Crippen molar-refractivity contribution in [1.29, 1.82) is 0 Å². The molecule has 1 saturated heterocycles. The number of halogens is 1. The number of hydrogen-bond donors (Lipinski definition) is 9. The average Bonchev–Trinajstić information content (AvgIpc) is 3.63. The predicted octanol–water partition coefficient (Wildman–Crippen LogP) is -0.540. The lowest BCUT2D eigenvalue weighted by Crippen LogP contribution is -2.46. The summed E-state index contributed by atoms with van der Waals surface area (Å²) >= 11 is 6.42. The lowest BCUT2D eigenvalue weighted by atomic mass is 9.87. The van der Waals surface area contributed by atoms with Crippen molar-refractivity contribution in [3.63, 3.8) is 0 Å². The molecule has 2 unspecified atom stereocenters. The van der Waals surface area contributed by atoms with Gasteiger partial charge in [0.1, 0.15) is 36.3 Å². The number of fused-ring (bicyclic) bond motifs is 1. The monoisotopic (exact) mass is 869 g/mol. The van der Waals surface area contributed by atoms with Gasteiger partial charge in [0.05, 0.1) is 19.5 Å². The first-order valence-corrected chi connectivity index (χ1v) is 21.4. The number of phosphoric ester groups is 3. The number of aromatic nitrogens is 4. The number of rotatable bonds is 21. The minimum atomic E-state index is -5.57. The van der Waals surface area contributed by atoms with Crippen LogP contribution in [0.15, 0.2) is 24.8 Å². The van der Waals surface area contributed by atoms with Gasteiger partial charge in [-0.05, 0) is 6.08 Å². The van der Waals surface area contributed by atoms with E-state index in [1.807, 2.05) is 0 Å². The van der Waals surface area contributed by atoms with Gasteiger partial charge in [0.15, 0.2) is 17.7 Å². The molecule has 2 aromatic rings. The van der Waals surface area contributed by atoms with E-state index in [2.05, 4.69) is 34.4 Å².